The fraction of sp³-hybridized carbons (Fsp3) is 0.444. The Morgan fingerprint density at radius 2 is 2.47 bits per heavy atom. The van der Waals surface area contributed by atoms with Crippen LogP contribution in [0.1, 0.15) is 25.3 Å². The van der Waals surface area contributed by atoms with Crippen LogP contribution in [0.25, 0.3) is 0 Å². The van der Waals surface area contributed by atoms with Gasteiger partial charge in [0.25, 0.3) is 0 Å². The number of aromatic nitrogens is 2. The third-order valence-electron chi connectivity index (χ3n) is 1.72. The summed E-state index contributed by atoms with van der Waals surface area (Å²) in [7, 11) is 0. The molecule has 82 valence electrons. The van der Waals surface area contributed by atoms with Crippen molar-refractivity contribution >= 4 is 32.1 Å². The van der Waals surface area contributed by atoms with Crippen molar-refractivity contribution in [1.82, 2.24) is 9.97 Å². The molecule has 6 heteroatoms. The topological polar surface area (TPSA) is 70.9 Å². The molecule has 1 rings (SSSR count). The lowest BCUT2D eigenvalue weighted by molar-refractivity contribution is 0.188. The van der Waals surface area contributed by atoms with E-state index >= 15 is 0 Å². The largest absolute Gasteiger partial charge is 0.294 e. The molecule has 0 aliphatic heterocycles. The SMILES string of the molecule is CCCCONc1ncncc1C(=N)I. The Labute approximate surface area is 102 Å². The molecule has 5 nitrogen and oxygen atoms in total. The Morgan fingerprint density at radius 3 is 3.13 bits per heavy atom. The first-order valence-corrected chi connectivity index (χ1v) is 5.75. The molecule has 0 atom stereocenters. The van der Waals surface area contributed by atoms with Crippen LogP contribution in [0.4, 0.5) is 5.82 Å². The number of nitrogens with one attached hydrogen (secondary N) is 2. The Balaban J connectivity index is 2.56. The van der Waals surface area contributed by atoms with E-state index in [1.807, 2.05) is 22.6 Å². The van der Waals surface area contributed by atoms with Crippen molar-refractivity contribution in [2.45, 2.75) is 19.8 Å². The van der Waals surface area contributed by atoms with Crippen LogP contribution < -0.4 is 5.48 Å². The summed E-state index contributed by atoms with van der Waals surface area (Å²) in [5.74, 6) is 0.542. The fourth-order valence-corrected chi connectivity index (χ4v) is 1.30. The van der Waals surface area contributed by atoms with Gasteiger partial charge in [-0.1, -0.05) is 13.3 Å². The number of hydrogen-bond donors (Lipinski definition) is 2. The van der Waals surface area contributed by atoms with Gasteiger partial charge in [-0.3, -0.25) is 10.2 Å². The van der Waals surface area contributed by atoms with E-state index in [-0.39, 0.29) is 0 Å². The average Bonchev–Trinajstić information content (AvgIpc) is 2.25. The summed E-state index contributed by atoms with van der Waals surface area (Å²) in [6, 6.07) is 0. The van der Waals surface area contributed by atoms with Gasteiger partial charge in [0, 0.05) is 6.20 Å². The minimum atomic E-state index is 0.384. The van der Waals surface area contributed by atoms with Crippen LogP contribution in [0.2, 0.25) is 0 Å². The Hall–Kier alpha value is -0.760. The highest BCUT2D eigenvalue weighted by molar-refractivity contribution is 14.1. The number of hydrogen-bond acceptors (Lipinski definition) is 5. The summed E-state index contributed by atoms with van der Waals surface area (Å²) in [5, 5.41) is 7.50. The monoisotopic (exact) mass is 320 g/mol. The molecule has 0 bridgehead atoms. The summed E-state index contributed by atoms with van der Waals surface area (Å²) in [4.78, 5) is 13.1. The molecule has 0 aliphatic rings. The number of halogens is 1. The van der Waals surface area contributed by atoms with Gasteiger partial charge >= 0.3 is 0 Å². The highest BCUT2D eigenvalue weighted by atomic mass is 127. The van der Waals surface area contributed by atoms with Crippen molar-refractivity contribution in [3.63, 3.8) is 0 Å². The average molecular weight is 320 g/mol. The van der Waals surface area contributed by atoms with Gasteiger partial charge in [0.15, 0.2) is 5.82 Å². The summed E-state index contributed by atoms with van der Waals surface area (Å²) in [6.45, 7) is 2.73. The van der Waals surface area contributed by atoms with E-state index < -0.39 is 0 Å². The molecule has 1 aromatic rings. The van der Waals surface area contributed by atoms with Gasteiger partial charge in [0.2, 0.25) is 0 Å². The second-order valence-corrected chi connectivity index (χ2v) is 3.98. The molecule has 0 aliphatic carbocycles. The Bertz CT molecular complexity index is 332. The first kappa shape index (κ1) is 12.3. The molecule has 0 saturated heterocycles. The van der Waals surface area contributed by atoms with Crippen LogP contribution in [0.5, 0.6) is 0 Å². The zero-order valence-corrected chi connectivity index (χ0v) is 10.6. The van der Waals surface area contributed by atoms with Crippen molar-refractivity contribution in [2.75, 3.05) is 12.1 Å². The molecule has 2 N–H and O–H groups in total. The molecule has 1 heterocycles. The number of unbranched alkanes of at least 4 members (excludes halogenated alkanes) is 1. The molecule has 1 aromatic heterocycles. The van der Waals surface area contributed by atoms with Crippen molar-refractivity contribution in [3.05, 3.63) is 18.1 Å². The molecule has 0 spiro atoms. The zero-order chi connectivity index (χ0) is 11.1. The minimum Gasteiger partial charge on any atom is -0.294 e. The molecule has 15 heavy (non-hydrogen) atoms. The number of anilines is 1. The van der Waals surface area contributed by atoms with Crippen LogP contribution in [0.3, 0.4) is 0 Å². The normalized spacial score (nSPS) is 10.0. The van der Waals surface area contributed by atoms with Crippen LogP contribution in [0.15, 0.2) is 12.5 Å². The van der Waals surface area contributed by atoms with Crippen molar-refractivity contribution < 1.29 is 4.84 Å². The third kappa shape index (κ3) is 4.08. The molecule has 0 fully saturated rings. The molecule has 0 radical (unpaired) electrons. The fourth-order valence-electron chi connectivity index (χ4n) is 0.907. The zero-order valence-electron chi connectivity index (χ0n) is 8.46. The summed E-state index contributed by atoms with van der Waals surface area (Å²) in [6.07, 6.45) is 5.09. The lowest BCUT2D eigenvalue weighted by Crippen LogP contribution is -2.08. The van der Waals surface area contributed by atoms with E-state index in [1.165, 1.54) is 6.33 Å². The highest BCUT2D eigenvalue weighted by Crippen LogP contribution is 2.13. The van der Waals surface area contributed by atoms with Crippen molar-refractivity contribution in [3.8, 4) is 0 Å². The second-order valence-electron chi connectivity index (χ2n) is 2.90. The highest BCUT2D eigenvalue weighted by Gasteiger charge is 2.06. The van der Waals surface area contributed by atoms with E-state index in [0.717, 1.165) is 12.8 Å². The van der Waals surface area contributed by atoms with Crippen LogP contribution in [0, 0.1) is 5.41 Å². The second kappa shape index (κ2) is 6.67. The van der Waals surface area contributed by atoms with E-state index in [2.05, 4.69) is 22.4 Å². The Morgan fingerprint density at radius 1 is 1.67 bits per heavy atom. The van der Waals surface area contributed by atoms with Gasteiger partial charge in [0.05, 0.1) is 12.2 Å². The lowest BCUT2D eigenvalue weighted by atomic mass is 10.3. The quantitative estimate of drug-likeness (QED) is 0.365. The number of rotatable bonds is 6. The van der Waals surface area contributed by atoms with Gasteiger partial charge < -0.3 is 0 Å². The summed E-state index contributed by atoms with van der Waals surface area (Å²) >= 11 is 1.91. The smallest absolute Gasteiger partial charge is 0.163 e. The first-order chi connectivity index (χ1) is 7.25. The van der Waals surface area contributed by atoms with Crippen LogP contribution in [-0.4, -0.2) is 20.3 Å². The Kier molecular flexibility index (Phi) is 5.48. The van der Waals surface area contributed by atoms with Gasteiger partial charge in [-0.15, -0.1) is 0 Å². The van der Waals surface area contributed by atoms with E-state index in [4.69, 9.17) is 10.2 Å². The lowest BCUT2D eigenvalue weighted by Gasteiger charge is -2.08. The maximum atomic E-state index is 7.50. The van der Waals surface area contributed by atoms with E-state index in [9.17, 15) is 0 Å². The molecule has 0 amide bonds. The van der Waals surface area contributed by atoms with Gasteiger partial charge in [0.1, 0.15) is 10.0 Å². The van der Waals surface area contributed by atoms with Crippen molar-refractivity contribution in [2.24, 2.45) is 0 Å². The third-order valence-corrected chi connectivity index (χ3v) is 2.30. The van der Waals surface area contributed by atoms with E-state index in [1.54, 1.807) is 6.20 Å². The predicted octanol–water partition coefficient (Wildman–Crippen LogP) is 2.38. The van der Waals surface area contributed by atoms with Crippen LogP contribution >= 0.6 is 22.6 Å². The maximum Gasteiger partial charge on any atom is 0.163 e. The molecule has 0 aromatic carbocycles. The minimum absolute atomic E-state index is 0.384. The molecule has 0 unspecified atom stereocenters. The molecule has 0 saturated carbocycles. The number of nitrogens with zero attached hydrogens (tertiary/aromatic N) is 2. The first-order valence-electron chi connectivity index (χ1n) is 4.68. The van der Waals surface area contributed by atoms with Gasteiger partial charge in [-0.2, -0.15) is 0 Å². The molecular formula is C9H13IN4O. The molecular weight excluding hydrogens is 307 g/mol. The van der Waals surface area contributed by atoms with Gasteiger partial charge in [-0.05, 0) is 29.0 Å². The van der Waals surface area contributed by atoms with Gasteiger partial charge in [-0.25, -0.2) is 15.4 Å². The predicted molar refractivity (Wildman–Crippen MR) is 67.4 cm³/mol. The van der Waals surface area contributed by atoms with Crippen molar-refractivity contribution in [1.29, 1.82) is 5.41 Å². The standard InChI is InChI=1S/C9H13IN4O/c1-2-3-4-15-14-9-7(8(10)11)5-12-6-13-9/h5-6,11H,2-4H2,1H3,(H,12,13,14). The summed E-state index contributed by atoms with van der Waals surface area (Å²) in [5.41, 5.74) is 3.38. The maximum absolute atomic E-state index is 7.50. The van der Waals surface area contributed by atoms with E-state index in [0.29, 0.717) is 21.7 Å². The van der Waals surface area contributed by atoms with Crippen LogP contribution in [-0.2, 0) is 4.84 Å². The summed E-state index contributed by atoms with van der Waals surface area (Å²) < 4.78 is 0.384.